The first-order valence-corrected chi connectivity index (χ1v) is 9.32. The molecule has 8 nitrogen and oxygen atoms in total. The Morgan fingerprint density at radius 2 is 2.07 bits per heavy atom. The number of rotatable bonds is 4. The summed E-state index contributed by atoms with van der Waals surface area (Å²) in [6, 6.07) is 11.2. The van der Waals surface area contributed by atoms with E-state index in [0.29, 0.717) is 23.7 Å². The van der Waals surface area contributed by atoms with Gasteiger partial charge in [-0.05, 0) is 30.2 Å². The number of carbonyl (C=O) groups is 2. The summed E-state index contributed by atoms with van der Waals surface area (Å²) in [7, 11) is 0. The summed E-state index contributed by atoms with van der Waals surface area (Å²) in [6.45, 7) is 0. The second kappa shape index (κ2) is 7.20. The number of amides is 2. The summed E-state index contributed by atoms with van der Waals surface area (Å²) in [5.41, 5.74) is 3.51. The van der Waals surface area contributed by atoms with Crippen molar-refractivity contribution < 1.29 is 14.5 Å². The number of fused-ring (bicyclic) bond motifs is 1. The van der Waals surface area contributed by atoms with Gasteiger partial charge in [0.25, 0.3) is 11.6 Å². The van der Waals surface area contributed by atoms with Gasteiger partial charge < -0.3 is 5.32 Å². The van der Waals surface area contributed by atoms with Crippen molar-refractivity contribution >= 4 is 39.7 Å². The van der Waals surface area contributed by atoms with Crippen LogP contribution in [-0.4, -0.2) is 21.7 Å². The normalized spacial score (nSPS) is 12.8. The third-order valence-electron chi connectivity index (χ3n) is 4.34. The summed E-state index contributed by atoms with van der Waals surface area (Å²) in [5.74, 6) is -0.446. The fourth-order valence-corrected chi connectivity index (χ4v) is 3.65. The molecule has 0 aliphatic carbocycles. The van der Waals surface area contributed by atoms with Crippen LogP contribution >= 0.6 is 11.3 Å². The van der Waals surface area contributed by atoms with E-state index in [1.165, 1.54) is 35.6 Å². The molecule has 0 bridgehead atoms. The summed E-state index contributed by atoms with van der Waals surface area (Å²) < 4.78 is 0. The molecule has 2 amide bonds. The van der Waals surface area contributed by atoms with Gasteiger partial charge >= 0.3 is 0 Å². The molecule has 0 fully saturated rings. The monoisotopic (exact) mass is 394 g/mol. The number of hydrogen-bond acceptors (Lipinski definition) is 6. The maximum atomic E-state index is 12.3. The van der Waals surface area contributed by atoms with Crippen molar-refractivity contribution in [1.29, 1.82) is 0 Å². The standard InChI is InChI=1S/C19H14N4O4S/c24-17-7-5-11-8-12(4-6-15(11)20-17)16-10-28-19(21-16)22-18(25)13-2-1-3-14(9-13)23(26)27/h1-4,6,8-10H,5,7H2,(H,20,24)(H,21,22,25). The van der Waals surface area contributed by atoms with E-state index < -0.39 is 10.8 Å². The number of nitrogens with zero attached hydrogens (tertiary/aromatic N) is 2. The lowest BCUT2D eigenvalue weighted by Crippen LogP contribution is -2.18. The quantitative estimate of drug-likeness (QED) is 0.515. The fraction of sp³-hybridized carbons (Fsp3) is 0.105. The molecule has 140 valence electrons. The van der Waals surface area contributed by atoms with Crippen LogP contribution in [0.4, 0.5) is 16.5 Å². The fourth-order valence-electron chi connectivity index (χ4n) is 2.94. The van der Waals surface area contributed by atoms with Crippen LogP contribution in [0.3, 0.4) is 0 Å². The molecule has 1 aliphatic rings. The maximum absolute atomic E-state index is 12.3. The Morgan fingerprint density at radius 1 is 1.21 bits per heavy atom. The van der Waals surface area contributed by atoms with Gasteiger partial charge in [-0.2, -0.15) is 0 Å². The SMILES string of the molecule is O=C1CCc2cc(-c3csc(NC(=O)c4cccc([N+](=O)[O-])c4)n3)ccc2N1. The molecule has 9 heteroatoms. The molecule has 1 aliphatic heterocycles. The Morgan fingerprint density at radius 3 is 2.89 bits per heavy atom. The van der Waals surface area contributed by atoms with E-state index in [-0.39, 0.29) is 17.2 Å². The number of thiazole rings is 1. The Kier molecular flexibility index (Phi) is 4.58. The van der Waals surface area contributed by atoms with Crippen LogP contribution in [0, 0.1) is 10.1 Å². The van der Waals surface area contributed by atoms with E-state index in [1.54, 1.807) is 0 Å². The van der Waals surface area contributed by atoms with E-state index >= 15 is 0 Å². The second-order valence-electron chi connectivity index (χ2n) is 6.22. The number of aryl methyl sites for hydroxylation is 1. The van der Waals surface area contributed by atoms with Crippen LogP contribution in [0.5, 0.6) is 0 Å². The van der Waals surface area contributed by atoms with Crippen molar-refractivity contribution in [2.75, 3.05) is 10.6 Å². The van der Waals surface area contributed by atoms with E-state index in [1.807, 2.05) is 23.6 Å². The van der Waals surface area contributed by atoms with Gasteiger partial charge in [0.1, 0.15) is 0 Å². The van der Waals surface area contributed by atoms with Crippen molar-refractivity contribution in [3.63, 3.8) is 0 Å². The minimum absolute atomic E-state index is 0.0139. The summed E-state index contributed by atoms with van der Waals surface area (Å²) in [6.07, 6.45) is 1.13. The molecule has 0 spiro atoms. The number of non-ortho nitro benzene ring substituents is 1. The molecule has 0 atom stereocenters. The molecule has 28 heavy (non-hydrogen) atoms. The third kappa shape index (κ3) is 3.60. The van der Waals surface area contributed by atoms with Crippen LogP contribution in [-0.2, 0) is 11.2 Å². The first-order chi connectivity index (χ1) is 13.5. The first kappa shape index (κ1) is 17.8. The summed E-state index contributed by atoms with van der Waals surface area (Å²) in [5, 5.41) is 18.6. The van der Waals surface area contributed by atoms with Crippen molar-refractivity contribution in [3.05, 3.63) is 69.1 Å². The molecular formula is C19H14N4O4S. The average Bonchev–Trinajstić information content (AvgIpc) is 3.16. The van der Waals surface area contributed by atoms with Gasteiger partial charge in [-0.3, -0.25) is 25.0 Å². The van der Waals surface area contributed by atoms with Crippen molar-refractivity contribution in [3.8, 4) is 11.3 Å². The molecular weight excluding hydrogens is 380 g/mol. The van der Waals surface area contributed by atoms with Crippen LogP contribution in [0.15, 0.2) is 47.8 Å². The number of benzene rings is 2. The molecule has 0 saturated heterocycles. The zero-order valence-electron chi connectivity index (χ0n) is 14.5. The van der Waals surface area contributed by atoms with Crippen LogP contribution in [0.2, 0.25) is 0 Å². The van der Waals surface area contributed by atoms with Gasteiger partial charge in [0.15, 0.2) is 5.13 Å². The van der Waals surface area contributed by atoms with Crippen molar-refractivity contribution in [1.82, 2.24) is 4.98 Å². The van der Waals surface area contributed by atoms with E-state index in [4.69, 9.17) is 0 Å². The smallest absolute Gasteiger partial charge is 0.270 e. The molecule has 1 aromatic heterocycles. The van der Waals surface area contributed by atoms with E-state index in [2.05, 4.69) is 15.6 Å². The van der Waals surface area contributed by atoms with E-state index in [9.17, 15) is 19.7 Å². The average molecular weight is 394 g/mol. The predicted octanol–water partition coefficient (Wildman–Crippen LogP) is 3.86. The minimum atomic E-state index is -0.545. The van der Waals surface area contributed by atoms with Gasteiger partial charge in [-0.1, -0.05) is 12.1 Å². The van der Waals surface area contributed by atoms with Crippen LogP contribution < -0.4 is 10.6 Å². The molecule has 3 aromatic rings. The lowest BCUT2D eigenvalue weighted by molar-refractivity contribution is -0.384. The number of nitrogens with one attached hydrogen (secondary N) is 2. The molecule has 0 unspecified atom stereocenters. The van der Waals surface area contributed by atoms with Crippen molar-refractivity contribution in [2.24, 2.45) is 0 Å². The second-order valence-corrected chi connectivity index (χ2v) is 7.08. The Hall–Kier alpha value is -3.59. The zero-order valence-corrected chi connectivity index (χ0v) is 15.3. The van der Waals surface area contributed by atoms with Gasteiger partial charge in [0, 0.05) is 40.7 Å². The number of nitro benzene ring substituents is 1. The van der Waals surface area contributed by atoms with Gasteiger partial charge in [-0.15, -0.1) is 11.3 Å². The van der Waals surface area contributed by atoms with E-state index in [0.717, 1.165) is 16.8 Å². The topological polar surface area (TPSA) is 114 Å². The highest BCUT2D eigenvalue weighted by Gasteiger charge is 2.17. The third-order valence-corrected chi connectivity index (χ3v) is 5.10. The molecule has 2 heterocycles. The number of carbonyl (C=O) groups excluding carboxylic acids is 2. The highest BCUT2D eigenvalue weighted by Crippen LogP contribution is 2.30. The predicted molar refractivity (Wildman–Crippen MR) is 106 cm³/mol. The Balaban J connectivity index is 1.52. The highest BCUT2D eigenvalue weighted by molar-refractivity contribution is 7.14. The largest absolute Gasteiger partial charge is 0.326 e. The molecule has 0 radical (unpaired) electrons. The summed E-state index contributed by atoms with van der Waals surface area (Å²) in [4.78, 5) is 38.6. The molecule has 0 saturated carbocycles. The maximum Gasteiger partial charge on any atom is 0.270 e. The molecule has 4 rings (SSSR count). The lowest BCUT2D eigenvalue weighted by Gasteiger charge is -2.17. The number of hydrogen-bond donors (Lipinski definition) is 2. The molecule has 2 aromatic carbocycles. The number of nitro groups is 1. The number of aromatic nitrogens is 1. The van der Waals surface area contributed by atoms with Crippen LogP contribution in [0.25, 0.3) is 11.3 Å². The number of anilines is 2. The van der Waals surface area contributed by atoms with Crippen LogP contribution in [0.1, 0.15) is 22.3 Å². The lowest BCUT2D eigenvalue weighted by atomic mass is 9.99. The minimum Gasteiger partial charge on any atom is -0.326 e. The van der Waals surface area contributed by atoms with Gasteiger partial charge in [0.05, 0.1) is 10.6 Å². The first-order valence-electron chi connectivity index (χ1n) is 8.44. The summed E-state index contributed by atoms with van der Waals surface area (Å²) >= 11 is 1.27. The highest BCUT2D eigenvalue weighted by atomic mass is 32.1. The Labute approximate surface area is 163 Å². The zero-order chi connectivity index (χ0) is 19.7. The molecule has 2 N–H and O–H groups in total. The van der Waals surface area contributed by atoms with Gasteiger partial charge in [-0.25, -0.2) is 4.98 Å². The Bertz CT molecular complexity index is 1110. The van der Waals surface area contributed by atoms with Crippen molar-refractivity contribution in [2.45, 2.75) is 12.8 Å². The van der Waals surface area contributed by atoms with Gasteiger partial charge in [0.2, 0.25) is 5.91 Å².